The molecule has 0 saturated carbocycles. The third-order valence-corrected chi connectivity index (χ3v) is 4.19. The maximum atomic E-state index is 5.18. The zero-order valence-electron chi connectivity index (χ0n) is 14.6. The minimum Gasteiger partial charge on any atom is -0.481 e. The molecule has 0 spiro atoms. The molecule has 7 heteroatoms. The Morgan fingerprint density at radius 1 is 1.04 bits per heavy atom. The van der Waals surface area contributed by atoms with Gasteiger partial charge in [0.2, 0.25) is 5.88 Å². The minimum absolute atomic E-state index is 0.542. The molecule has 0 fully saturated rings. The summed E-state index contributed by atoms with van der Waals surface area (Å²) >= 11 is 0. The van der Waals surface area contributed by atoms with Crippen molar-refractivity contribution in [2.24, 2.45) is 7.05 Å². The van der Waals surface area contributed by atoms with E-state index in [0.29, 0.717) is 12.4 Å². The molecule has 3 aromatic heterocycles. The van der Waals surface area contributed by atoms with Crippen molar-refractivity contribution in [3.05, 3.63) is 67.1 Å². The molecule has 7 nitrogen and oxygen atoms in total. The van der Waals surface area contributed by atoms with Gasteiger partial charge in [-0.05, 0) is 12.1 Å². The normalized spacial score (nSPS) is 10.8. The molecule has 0 aliphatic carbocycles. The molecule has 0 N–H and O–H groups in total. The molecule has 0 saturated heterocycles. The van der Waals surface area contributed by atoms with Crippen LogP contribution in [-0.4, -0.2) is 36.4 Å². The van der Waals surface area contributed by atoms with Crippen LogP contribution in [0, 0.1) is 0 Å². The Morgan fingerprint density at radius 3 is 2.65 bits per heavy atom. The van der Waals surface area contributed by atoms with Gasteiger partial charge in [0.05, 0.1) is 43.3 Å². The number of ether oxygens (including phenoxy) is 1. The van der Waals surface area contributed by atoms with Crippen LogP contribution < -0.4 is 4.74 Å². The fourth-order valence-electron chi connectivity index (χ4n) is 2.75. The van der Waals surface area contributed by atoms with E-state index in [1.54, 1.807) is 13.4 Å². The van der Waals surface area contributed by atoms with Crippen LogP contribution in [0.5, 0.6) is 5.88 Å². The predicted octanol–water partition coefficient (Wildman–Crippen LogP) is 2.80. The Bertz CT molecular complexity index is 1040. The number of aryl methyl sites for hydroxylation is 1. The molecule has 3 heterocycles. The Labute approximate surface area is 150 Å². The van der Waals surface area contributed by atoms with Gasteiger partial charge in [0.1, 0.15) is 6.33 Å². The van der Waals surface area contributed by atoms with E-state index in [1.165, 1.54) is 6.33 Å². The third kappa shape index (κ3) is 3.19. The number of rotatable bonds is 5. The summed E-state index contributed by atoms with van der Waals surface area (Å²) in [6.07, 6.45) is 7.12. The molecule has 0 radical (unpaired) electrons. The quantitative estimate of drug-likeness (QED) is 0.556. The number of methoxy groups -OCH3 is 1. The largest absolute Gasteiger partial charge is 0.481 e. The van der Waals surface area contributed by atoms with Gasteiger partial charge in [-0.2, -0.15) is 5.10 Å². The summed E-state index contributed by atoms with van der Waals surface area (Å²) in [6, 6.07) is 11.9. The van der Waals surface area contributed by atoms with Gasteiger partial charge in [-0.1, -0.05) is 18.2 Å². The highest BCUT2D eigenvalue weighted by atomic mass is 16.5. The number of benzene rings is 1. The fourth-order valence-corrected chi connectivity index (χ4v) is 2.75. The first-order chi connectivity index (χ1) is 12.7. The minimum atomic E-state index is 0.542. The highest BCUT2D eigenvalue weighted by molar-refractivity contribution is 5.69. The van der Waals surface area contributed by atoms with Gasteiger partial charge in [0, 0.05) is 30.4 Å². The molecular formula is C19H18N6O. The van der Waals surface area contributed by atoms with Crippen LogP contribution in [0.4, 0.5) is 0 Å². The predicted molar refractivity (Wildman–Crippen MR) is 97.6 cm³/mol. The van der Waals surface area contributed by atoms with Gasteiger partial charge in [0.25, 0.3) is 0 Å². The second-order valence-corrected chi connectivity index (χ2v) is 5.92. The van der Waals surface area contributed by atoms with Gasteiger partial charge in [0.15, 0.2) is 0 Å². The topological polar surface area (TPSA) is 70.7 Å². The standard InChI is InChI=1S/C19H18N6O/c1-24-13-20-10-16(24)11-25-7-6-17(23-25)14-4-3-5-15(8-14)18-9-19(26-2)22-12-21-18/h3-10,12-13H,11H2,1-2H3. The van der Waals surface area contributed by atoms with Crippen LogP contribution in [0.2, 0.25) is 0 Å². The van der Waals surface area contributed by atoms with E-state index in [-0.39, 0.29) is 0 Å². The molecule has 4 rings (SSSR count). The van der Waals surface area contributed by atoms with Gasteiger partial charge in [-0.3, -0.25) is 4.68 Å². The lowest BCUT2D eigenvalue weighted by Crippen LogP contribution is -2.04. The zero-order chi connectivity index (χ0) is 17.9. The third-order valence-electron chi connectivity index (χ3n) is 4.19. The Kier molecular flexibility index (Phi) is 4.18. The first-order valence-electron chi connectivity index (χ1n) is 8.18. The van der Waals surface area contributed by atoms with Crippen molar-refractivity contribution in [1.82, 2.24) is 29.3 Å². The molecule has 0 bridgehead atoms. The van der Waals surface area contributed by atoms with Crippen molar-refractivity contribution >= 4 is 0 Å². The first-order valence-corrected chi connectivity index (χ1v) is 8.18. The van der Waals surface area contributed by atoms with E-state index in [4.69, 9.17) is 4.74 Å². The van der Waals surface area contributed by atoms with Crippen molar-refractivity contribution in [2.75, 3.05) is 7.11 Å². The summed E-state index contributed by atoms with van der Waals surface area (Å²) in [6.45, 7) is 0.680. The summed E-state index contributed by atoms with van der Waals surface area (Å²) < 4.78 is 9.08. The van der Waals surface area contributed by atoms with Crippen LogP contribution >= 0.6 is 0 Å². The van der Waals surface area contributed by atoms with Gasteiger partial charge < -0.3 is 9.30 Å². The van der Waals surface area contributed by atoms with Crippen molar-refractivity contribution in [1.29, 1.82) is 0 Å². The molecule has 0 aliphatic heterocycles. The van der Waals surface area contributed by atoms with Gasteiger partial charge in [-0.15, -0.1) is 0 Å². The molecule has 0 amide bonds. The van der Waals surface area contributed by atoms with Crippen molar-refractivity contribution < 1.29 is 4.74 Å². The Balaban J connectivity index is 1.61. The van der Waals surface area contributed by atoms with E-state index in [0.717, 1.165) is 28.2 Å². The van der Waals surface area contributed by atoms with E-state index in [1.807, 2.05) is 59.0 Å². The van der Waals surface area contributed by atoms with Crippen LogP contribution in [0.25, 0.3) is 22.5 Å². The highest BCUT2D eigenvalue weighted by Crippen LogP contribution is 2.25. The average Bonchev–Trinajstić information content (AvgIpc) is 3.32. The summed E-state index contributed by atoms with van der Waals surface area (Å²) in [4.78, 5) is 12.5. The smallest absolute Gasteiger partial charge is 0.216 e. The number of aromatic nitrogens is 6. The number of imidazole rings is 1. The summed E-state index contributed by atoms with van der Waals surface area (Å²) in [5, 5.41) is 4.68. The number of nitrogens with zero attached hydrogens (tertiary/aromatic N) is 6. The molecule has 130 valence electrons. The lowest BCUT2D eigenvalue weighted by Gasteiger charge is -2.05. The molecule has 0 atom stereocenters. The molecule has 0 aliphatic rings. The highest BCUT2D eigenvalue weighted by Gasteiger charge is 2.08. The number of hydrogen-bond acceptors (Lipinski definition) is 5. The van der Waals surface area contributed by atoms with Crippen molar-refractivity contribution in [3.63, 3.8) is 0 Å². The second-order valence-electron chi connectivity index (χ2n) is 5.92. The second kappa shape index (κ2) is 6.79. The Morgan fingerprint density at radius 2 is 1.88 bits per heavy atom. The SMILES string of the molecule is COc1cc(-c2cccc(-c3ccn(Cc4cncn4C)n3)c2)ncn1. The number of hydrogen-bond donors (Lipinski definition) is 0. The molecule has 26 heavy (non-hydrogen) atoms. The van der Waals surface area contributed by atoms with E-state index < -0.39 is 0 Å². The van der Waals surface area contributed by atoms with Crippen LogP contribution in [0.1, 0.15) is 5.69 Å². The maximum absolute atomic E-state index is 5.18. The maximum Gasteiger partial charge on any atom is 0.216 e. The monoisotopic (exact) mass is 346 g/mol. The van der Waals surface area contributed by atoms with Crippen LogP contribution in [0.15, 0.2) is 61.4 Å². The Hall–Kier alpha value is -3.48. The summed E-state index contributed by atoms with van der Waals surface area (Å²) in [5.74, 6) is 0.542. The van der Waals surface area contributed by atoms with E-state index in [9.17, 15) is 0 Å². The fraction of sp³-hybridized carbons (Fsp3) is 0.158. The molecule has 1 aromatic carbocycles. The summed E-state index contributed by atoms with van der Waals surface area (Å²) in [7, 11) is 3.57. The van der Waals surface area contributed by atoms with Gasteiger partial charge >= 0.3 is 0 Å². The molecule has 4 aromatic rings. The summed E-state index contributed by atoms with van der Waals surface area (Å²) in [5.41, 5.74) is 4.85. The van der Waals surface area contributed by atoms with Crippen LogP contribution in [-0.2, 0) is 13.6 Å². The van der Waals surface area contributed by atoms with Crippen molar-refractivity contribution in [2.45, 2.75) is 6.54 Å². The van der Waals surface area contributed by atoms with E-state index in [2.05, 4.69) is 26.1 Å². The zero-order valence-corrected chi connectivity index (χ0v) is 14.6. The van der Waals surface area contributed by atoms with Crippen LogP contribution in [0.3, 0.4) is 0 Å². The lowest BCUT2D eigenvalue weighted by molar-refractivity contribution is 0.397. The molecular weight excluding hydrogens is 328 g/mol. The molecule has 0 unspecified atom stereocenters. The van der Waals surface area contributed by atoms with Crippen molar-refractivity contribution in [3.8, 4) is 28.4 Å². The first kappa shape index (κ1) is 16.0. The van der Waals surface area contributed by atoms with E-state index >= 15 is 0 Å². The lowest BCUT2D eigenvalue weighted by atomic mass is 10.1. The van der Waals surface area contributed by atoms with Gasteiger partial charge in [-0.25, -0.2) is 15.0 Å². The average molecular weight is 346 g/mol.